The Kier molecular flexibility index (Phi) is 4.84. The molecule has 0 unspecified atom stereocenters. The van der Waals surface area contributed by atoms with Crippen molar-refractivity contribution in [1.29, 1.82) is 0 Å². The minimum Gasteiger partial charge on any atom is -0.496 e. The highest BCUT2D eigenvalue weighted by Crippen LogP contribution is 2.30. The van der Waals surface area contributed by atoms with Crippen LogP contribution in [0.3, 0.4) is 0 Å². The number of nitrogens with zero attached hydrogens (tertiary/aromatic N) is 1. The van der Waals surface area contributed by atoms with Crippen LogP contribution < -0.4 is 14.8 Å². The highest BCUT2D eigenvalue weighted by atomic mass is 16.5. The zero-order valence-electron chi connectivity index (χ0n) is 14.5. The molecule has 1 amide bonds. The summed E-state index contributed by atoms with van der Waals surface area (Å²) in [6.07, 6.45) is 2.75. The molecule has 0 saturated carbocycles. The fraction of sp³-hybridized carbons (Fsp3) is 0.200. The second kappa shape index (κ2) is 7.21. The largest absolute Gasteiger partial charge is 0.496 e. The van der Waals surface area contributed by atoms with E-state index in [9.17, 15) is 4.79 Å². The van der Waals surface area contributed by atoms with Crippen molar-refractivity contribution in [3.8, 4) is 11.5 Å². The zero-order valence-corrected chi connectivity index (χ0v) is 14.5. The minimum absolute atomic E-state index is 0.248. The van der Waals surface area contributed by atoms with Crippen molar-refractivity contribution in [2.45, 2.75) is 13.3 Å². The minimum atomic E-state index is -0.248. The van der Waals surface area contributed by atoms with Gasteiger partial charge in [0.2, 0.25) is 0 Å². The van der Waals surface area contributed by atoms with Gasteiger partial charge in [-0.2, -0.15) is 0 Å². The van der Waals surface area contributed by atoms with Crippen molar-refractivity contribution in [3.63, 3.8) is 0 Å². The monoisotopic (exact) mass is 336 g/mol. The van der Waals surface area contributed by atoms with Gasteiger partial charge < -0.3 is 14.8 Å². The van der Waals surface area contributed by atoms with Gasteiger partial charge in [-0.05, 0) is 35.8 Å². The molecule has 0 radical (unpaired) electrons. The van der Waals surface area contributed by atoms with Crippen LogP contribution in [-0.4, -0.2) is 26.0 Å². The molecule has 0 aromatic heterocycles. The Morgan fingerprint density at radius 2 is 1.68 bits per heavy atom. The molecule has 128 valence electrons. The molecule has 2 aromatic rings. The molecule has 5 nitrogen and oxygen atoms in total. The number of methoxy groups -OCH3 is 2. The molecule has 1 N–H and O–H groups in total. The molecule has 5 heteroatoms. The van der Waals surface area contributed by atoms with Crippen LogP contribution in [0.15, 0.2) is 53.2 Å². The van der Waals surface area contributed by atoms with E-state index in [1.54, 1.807) is 32.4 Å². The summed E-state index contributed by atoms with van der Waals surface area (Å²) in [7, 11) is 3.14. The van der Waals surface area contributed by atoms with Crippen molar-refractivity contribution in [2.75, 3.05) is 14.2 Å². The van der Waals surface area contributed by atoms with E-state index in [1.807, 2.05) is 30.3 Å². The molecule has 0 aliphatic carbocycles. The molecule has 0 fully saturated rings. The first-order valence-electron chi connectivity index (χ1n) is 8.08. The van der Waals surface area contributed by atoms with Crippen molar-refractivity contribution >= 4 is 17.8 Å². The lowest BCUT2D eigenvalue weighted by molar-refractivity contribution is -0.115. The second-order valence-corrected chi connectivity index (χ2v) is 5.58. The van der Waals surface area contributed by atoms with Crippen LogP contribution in [0, 0.1) is 0 Å². The van der Waals surface area contributed by atoms with E-state index in [2.05, 4.69) is 17.2 Å². The van der Waals surface area contributed by atoms with E-state index in [-0.39, 0.29) is 5.91 Å². The highest BCUT2D eigenvalue weighted by molar-refractivity contribution is 6.21. The molecule has 0 bridgehead atoms. The summed E-state index contributed by atoms with van der Waals surface area (Å²) in [6.45, 7) is 2.11. The third-order valence-corrected chi connectivity index (χ3v) is 4.05. The SMILES string of the molecule is CCc1ccc(/C=C2/N=C(c3c(OC)cccc3OC)NC2=O)cc1. The second-order valence-electron chi connectivity index (χ2n) is 5.58. The molecular formula is C20H20N2O3. The van der Waals surface area contributed by atoms with Crippen molar-refractivity contribution in [3.05, 3.63) is 64.9 Å². The quantitative estimate of drug-likeness (QED) is 0.853. The van der Waals surface area contributed by atoms with Crippen molar-refractivity contribution in [1.82, 2.24) is 5.32 Å². The third kappa shape index (κ3) is 3.40. The first-order chi connectivity index (χ1) is 12.2. The first kappa shape index (κ1) is 16.8. The summed E-state index contributed by atoms with van der Waals surface area (Å²) in [5, 5.41) is 2.80. The summed E-state index contributed by atoms with van der Waals surface area (Å²) in [6, 6.07) is 13.5. The normalized spacial score (nSPS) is 15.1. The maximum absolute atomic E-state index is 12.3. The number of benzene rings is 2. The fourth-order valence-electron chi connectivity index (χ4n) is 2.68. The van der Waals surface area contributed by atoms with Gasteiger partial charge in [0.15, 0.2) is 0 Å². The Morgan fingerprint density at radius 3 is 2.24 bits per heavy atom. The Bertz CT molecular complexity index is 829. The number of hydrogen-bond donors (Lipinski definition) is 1. The molecular weight excluding hydrogens is 316 g/mol. The number of amides is 1. The summed E-state index contributed by atoms with van der Waals surface area (Å²) < 4.78 is 10.8. The summed E-state index contributed by atoms with van der Waals surface area (Å²) in [4.78, 5) is 16.8. The van der Waals surface area contributed by atoms with Crippen LogP contribution in [0.1, 0.15) is 23.6 Å². The van der Waals surface area contributed by atoms with Crippen molar-refractivity contribution in [2.24, 2.45) is 4.99 Å². The van der Waals surface area contributed by atoms with Gasteiger partial charge in [-0.3, -0.25) is 4.79 Å². The summed E-state index contributed by atoms with van der Waals surface area (Å²) in [5.74, 6) is 1.36. The number of aliphatic imine (C=N–C) groups is 1. The molecule has 3 rings (SSSR count). The number of carbonyl (C=O) groups excluding carboxylic acids is 1. The number of rotatable bonds is 5. The average molecular weight is 336 g/mol. The fourth-order valence-corrected chi connectivity index (χ4v) is 2.68. The van der Waals surface area contributed by atoms with Gasteiger partial charge in [-0.15, -0.1) is 0 Å². The lowest BCUT2D eigenvalue weighted by Crippen LogP contribution is -2.25. The van der Waals surface area contributed by atoms with Crippen LogP contribution in [0.2, 0.25) is 0 Å². The van der Waals surface area contributed by atoms with Crippen LogP contribution in [-0.2, 0) is 11.2 Å². The van der Waals surface area contributed by atoms with E-state index in [4.69, 9.17) is 9.47 Å². The predicted octanol–water partition coefficient (Wildman–Crippen LogP) is 3.18. The zero-order chi connectivity index (χ0) is 17.8. The number of hydrogen-bond acceptors (Lipinski definition) is 4. The third-order valence-electron chi connectivity index (χ3n) is 4.05. The highest BCUT2D eigenvalue weighted by Gasteiger charge is 2.26. The van der Waals surface area contributed by atoms with Gasteiger partial charge in [-0.25, -0.2) is 4.99 Å². The van der Waals surface area contributed by atoms with Gasteiger partial charge in [0.1, 0.15) is 28.6 Å². The predicted molar refractivity (Wildman–Crippen MR) is 98.0 cm³/mol. The van der Waals surface area contributed by atoms with E-state index < -0.39 is 0 Å². The van der Waals surface area contributed by atoms with Crippen LogP contribution in [0.5, 0.6) is 11.5 Å². The smallest absolute Gasteiger partial charge is 0.275 e. The Hall–Kier alpha value is -3.08. The van der Waals surface area contributed by atoms with Crippen LogP contribution >= 0.6 is 0 Å². The van der Waals surface area contributed by atoms with E-state index in [1.165, 1.54) is 5.56 Å². The van der Waals surface area contributed by atoms with Gasteiger partial charge in [0, 0.05) is 0 Å². The van der Waals surface area contributed by atoms with Gasteiger partial charge >= 0.3 is 0 Å². The molecule has 0 atom stereocenters. The lowest BCUT2D eigenvalue weighted by atomic mass is 10.1. The van der Waals surface area contributed by atoms with Gasteiger partial charge in [0.05, 0.1) is 14.2 Å². The topological polar surface area (TPSA) is 59.9 Å². The van der Waals surface area contributed by atoms with Gasteiger partial charge in [-0.1, -0.05) is 37.3 Å². The molecule has 2 aromatic carbocycles. The Labute approximate surface area is 147 Å². The van der Waals surface area contributed by atoms with E-state index in [0.717, 1.165) is 12.0 Å². The molecule has 1 heterocycles. The summed E-state index contributed by atoms with van der Waals surface area (Å²) in [5.41, 5.74) is 3.16. The van der Waals surface area contributed by atoms with E-state index >= 15 is 0 Å². The number of aryl methyl sites for hydroxylation is 1. The number of nitrogens with one attached hydrogen (secondary N) is 1. The molecule has 0 saturated heterocycles. The van der Waals surface area contributed by atoms with E-state index in [0.29, 0.717) is 28.6 Å². The molecule has 1 aliphatic heterocycles. The molecule has 25 heavy (non-hydrogen) atoms. The van der Waals surface area contributed by atoms with Crippen molar-refractivity contribution < 1.29 is 14.3 Å². The van der Waals surface area contributed by atoms with Gasteiger partial charge in [0.25, 0.3) is 5.91 Å². The maximum atomic E-state index is 12.3. The summed E-state index contributed by atoms with van der Waals surface area (Å²) >= 11 is 0. The number of ether oxygens (including phenoxy) is 2. The van der Waals surface area contributed by atoms with Crippen LogP contribution in [0.4, 0.5) is 0 Å². The number of carbonyl (C=O) groups is 1. The number of amidine groups is 1. The molecule has 0 spiro atoms. The molecule has 1 aliphatic rings. The maximum Gasteiger partial charge on any atom is 0.275 e. The Morgan fingerprint density at radius 1 is 1.04 bits per heavy atom. The Balaban J connectivity index is 1.99. The first-order valence-corrected chi connectivity index (χ1v) is 8.08. The lowest BCUT2D eigenvalue weighted by Gasteiger charge is -2.12. The van der Waals surface area contributed by atoms with Crippen LogP contribution in [0.25, 0.3) is 6.08 Å². The average Bonchev–Trinajstić information content (AvgIpc) is 3.01. The standard InChI is InChI=1S/C20H20N2O3/c1-4-13-8-10-14(11-9-13)12-15-20(23)22-19(21-15)18-16(24-2)6-5-7-17(18)25-3/h5-12H,4H2,1-3H3,(H,21,22,23)/b15-12+.